The number of rotatable bonds is 5. The van der Waals surface area contributed by atoms with Gasteiger partial charge in [0.05, 0.1) is 6.10 Å². The Hall–Kier alpha value is -1.20. The molecular formula is C19H23BrN2O. The summed E-state index contributed by atoms with van der Waals surface area (Å²) in [5, 5.41) is 10.4. The molecule has 2 aromatic rings. The van der Waals surface area contributed by atoms with E-state index < -0.39 is 6.10 Å². The Kier molecular flexibility index (Phi) is 5.84. The van der Waals surface area contributed by atoms with Crippen LogP contribution in [0.15, 0.2) is 59.1 Å². The molecule has 3 nitrogen and oxygen atoms in total. The monoisotopic (exact) mass is 374 g/mol. The van der Waals surface area contributed by atoms with Crippen LogP contribution in [0.1, 0.15) is 17.2 Å². The standard InChI is InChI=1S/C19H23BrN2O/c20-18-8-6-17(7-9-18)19(23)15-22-12-10-21(11-13-22)14-16-4-2-1-3-5-16/h1-9,19,23H,10-15H2/t19-/m0/s1. The number of nitrogens with zero attached hydrogens (tertiary/aromatic N) is 2. The van der Waals surface area contributed by atoms with Gasteiger partial charge in [0, 0.05) is 43.7 Å². The summed E-state index contributed by atoms with van der Waals surface area (Å²) in [4.78, 5) is 4.84. The zero-order valence-electron chi connectivity index (χ0n) is 13.2. The van der Waals surface area contributed by atoms with Crippen molar-refractivity contribution in [1.82, 2.24) is 9.80 Å². The second kappa shape index (κ2) is 8.06. The van der Waals surface area contributed by atoms with Gasteiger partial charge in [0.15, 0.2) is 0 Å². The molecule has 1 aliphatic heterocycles. The third kappa shape index (κ3) is 4.88. The lowest BCUT2D eigenvalue weighted by atomic mass is 10.1. The van der Waals surface area contributed by atoms with E-state index in [4.69, 9.17) is 0 Å². The van der Waals surface area contributed by atoms with Crippen molar-refractivity contribution in [3.05, 3.63) is 70.2 Å². The van der Waals surface area contributed by atoms with Gasteiger partial charge in [0.25, 0.3) is 0 Å². The zero-order valence-corrected chi connectivity index (χ0v) is 14.8. The lowest BCUT2D eigenvalue weighted by Gasteiger charge is -2.35. The quantitative estimate of drug-likeness (QED) is 0.869. The van der Waals surface area contributed by atoms with Crippen molar-refractivity contribution in [1.29, 1.82) is 0 Å². The number of hydrogen-bond acceptors (Lipinski definition) is 3. The van der Waals surface area contributed by atoms with Gasteiger partial charge in [-0.05, 0) is 23.3 Å². The summed E-state index contributed by atoms with van der Waals surface area (Å²) >= 11 is 3.43. The summed E-state index contributed by atoms with van der Waals surface area (Å²) in [6, 6.07) is 18.6. The highest BCUT2D eigenvalue weighted by Gasteiger charge is 2.19. The number of β-amino-alcohol motifs (C(OH)–C–C–N with tert-alkyl or cyclic N) is 1. The van der Waals surface area contributed by atoms with E-state index in [0.717, 1.165) is 42.8 Å². The molecule has 1 aliphatic rings. The van der Waals surface area contributed by atoms with E-state index in [1.54, 1.807) is 0 Å². The Morgan fingerprint density at radius 1 is 0.870 bits per heavy atom. The zero-order chi connectivity index (χ0) is 16.1. The maximum absolute atomic E-state index is 10.4. The molecule has 1 fully saturated rings. The summed E-state index contributed by atoms with van der Waals surface area (Å²) in [7, 11) is 0. The second-order valence-corrected chi connectivity index (χ2v) is 7.05. The second-order valence-electron chi connectivity index (χ2n) is 6.13. The molecule has 3 rings (SSSR count). The van der Waals surface area contributed by atoms with E-state index in [-0.39, 0.29) is 0 Å². The fraction of sp³-hybridized carbons (Fsp3) is 0.368. The summed E-state index contributed by atoms with van der Waals surface area (Å²) < 4.78 is 1.04. The van der Waals surface area contributed by atoms with Gasteiger partial charge in [-0.15, -0.1) is 0 Å². The van der Waals surface area contributed by atoms with Crippen LogP contribution in [0.25, 0.3) is 0 Å². The molecule has 1 saturated heterocycles. The van der Waals surface area contributed by atoms with E-state index in [1.165, 1.54) is 5.56 Å². The minimum Gasteiger partial charge on any atom is -0.387 e. The smallest absolute Gasteiger partial charge is 0.0916 e. The number of aliphatic hydroxyl groups excluding tert-OH is 1. The minimum atomic E-state index is -0.413. The van der Waals surface area contributed by atoms with Crippen LogP contribution in [0.2, 0.25) is 0 Å². The lowest BCUT2D eigenvalue weighted by molar-refractivity contribution is 0.0701. The van der Waals surface area contributed by atoms with E-state index >= 15 is 0 Å². The molecule has 122 valence electrons. The molecule has 0 aromatic heterocycles. The molecule has 0 unspecified atom stereocenters. The summed E-state index contributed by atoms with van der Waals surface area (Å²) in [5.74, 6) is 0. The molecule has 0 aliphatic carbocycles. The van der Waals surface area contributed by atoms with E-state index in [2.05, 4.69) is 56.1 Å². The Labute approximate surface area is 146 Å². The van der Waals surface area contributed by atoms with Crippen LogP contribution in [-0.2, 0) is 6.54 Å². The molecule has 0 radical (unpaired) electrons. The van der Waals surface area contributed by atoms with Crippen LogP contribution >= 0.6 is 15.9 Å². The molecule has 1 heterocycles. The molecule has 0 amide bonds. The predicted molar refractivity (Wildman–Crippen MR) is 97.3 cm³/mol. The molecule has 1 atom stereocenters. The number of halogens is 1. The number of aliphatic hydroxyl groups is 1. The number of hydrogen-bond donors (Lipinski definition) is 1. The first-order valence-corrected chi connectivity index (χ1v) is 8.92. The van der Waals surface area contributed by atoms with Crippen LogP contribution in [0.3, 0.4) is 0 Å². The van der Waals surface area contributed by atoms with Crippen molar-refractivity contribution in [2.24, 2.45) is 0 Å². The molecule has 0 spiro atoms. The van der Waals surface area contributed by atoms with Crippen LogP contribution in [-0.4, -0.2) is 47.6 Å². The van der Waals surface area contributed by atoms with Gasteiger partial charge in [-0.3, -0.25) is 9.80 Å². The SMILES string of the molecule is O[C@@H](CN1CCN(Cc2ccccc2)CC1)c1ccc(Br)cc1. The van der Waals surface area contributed by atoms with Gasteiger partial charge >= 0.3 is 0 Å². The van der Waals surface area contributed by atoms with Crippen LogP contribution in [0.4, 0.5) is 0 Å². The number of piperazine rings is 1. The Morgan fingerprint density at radius 3 is 2.13 bits per heavy atom. The molecule has 0 bridgehead atoms. The highest BCUT2D eigenvalue weighted by molar-refractivity contribution is 9.10. The maximum atomic E-state index is 10.4. The van der Waals surface area contributed by atoms with Crippen molar-refractivity contribution in [3.8, 4) is 0 Å². The van der Waals surface area contributed by atoms with Crippen molar-refractivity contribution >= 4 is 15.9 Å². The third-order valence-corrected chi connectivity index (χ3v) is 4.93. The fourth-order valence-electron chi connectivity index (χ4n) is 3.01. The van der Waals surface area contributed by atoms with E-state index in [0.29, 0.717) is 6.54 Å². The van der Waals surface area contributed by atoms with Crippen LogP contribution < -0.4 is 0 Å². The highest BCUT2D eigenvalue weighted by atomic mass is 79.9. The van der Waals surface area contributed by atoms with Gasteiger partial charge in [0.1, 0.15) is 0 Å². The molecular weight excluding hydrogens is 352 g/mol. The van der Waals surface area contributed by atoms with E-state index in [1.807, 2.05) is 24.3 Å². The number of benzene rings is 2. The summed E-state index contributed by atoms with van der Waals surface area (Å²) in [6.45, 7) is 5.87. The molecule has 23 heavy (non-hydrogen) atoms. The normalized spacial score (nSPS) is 18.0. The Morgan fingerprint density at radius 2 is 1.48 bits per heavy atom. The average Bonchev–Trinajstić information content (AvgIpc) is 2.58. The first-order chi connectivity index (χ1) is 11.2. The minimum absolute atomic E-state index is 0.413. The topological polar surface area (TPSA) is 26.7 Å². The van der Waals surface area contributed by atoms with Gasteiger partial charge in [0.2, 0.25) is 0 Å². The highest BCUT2D eigenvalue weighted by Crippen LogP contribution is 2.18. The summed E-state index contributed by atoms with van der Waals surface area (Å²) in [6.07, 6.45) is -0.413. The fourth-order valence-corrected chi connectivity index (χ4v) is 3.27. The van der Waals surface area contributed by atoms with Crippen molar-refractivity contribution in [2.45, 2.75) is 12.6 Å². The lowest BCUT2D eigenvalue weighted by Crippen LogP contribution is -2.47. The van der Waals surface area contributed by atoms with Crippen LogP contribution in [0.5, 0.6) is 0 Å². The first kappa shape index (κ1) is 16.7. The van der Waals surface area contributed by atoms with Crippen molar-refractivity contribution in [3.63, 3.8) is 0 Å². The molecule has 0 saturated carbocycles. The Balaban J connectivity index is 1.46. The van der Waals surface area contributed by atoms with Crippen molar-refractivity contribution < 1.29 is 5.11 Å². The average molecular weight is 375 g/mol. The Bertz CT molecular complexity index is 595. The van der Waals surface area contributed by atoms with E-state index in [9.17, 15) is 5.11 Å². The first-order valence-electron chi connectivity index (χ1n) is 8.13. The van der Waals surface area contributed by atoms with Crippen LogP contribution in [0, 0.1) is 0 Å². The van der Waals surface area contributed by atoms with Gasteiger partial charge < -0.3 is 5.11 Å². The molecule has 2 aromatic carbocycles. The molecule has 1 N–H and O–H groups in total. The predicted octanol–water partition coefficient (Wildman–Crippen LogP) is 3.30. The van der Waals surface area contributed by atoms with Gasteiger partial charge in [-0.25, -0.2) is 0 Å². The third-order valence-electron chi connectivity index (χ3n) is 4.40. The molecule has 4 heteroatoms. The maximum Gasteiger partial charge on any atom is 0.0916 e. The van der Waals surface area contributed by atoms with Crippen molar-refractivity contribution in [2.75, 3.05) is 32.7 Å². The largest absolute Gasteiger partial charge is 0.387 e. The van der Waals surface area contributed by atoms with Gasteiger partial charge in [-0.2, -0.15) is 0 Å². The summed E-state index contributed by atoms with van der Waals surface area (Å²) in [5.41, 5.74) is 2.36. The van der Waals surface area contributed by atoms with Gasteiger partial charge in [-0.1, -0.05) is 58.4 Å².